The number of aromatic amines is 1. The van der Waals surface area contributed by atoms with Crippen LogP contribution in [0.2, 0.25) is 0 Å². The van der Waals surface area contributed by atoms with Crippen LogP contribution < -0.4 is 5.32 Å². The van der Waals surface area contributed by atoms with Crippen molar-refractivity contribution in [1.82, 2.24) is 9.88 Å². The lowest BCUT2D eigenvalue weighted by molar-refractivity contribution is 0.223. The second kappa shape index (κ2) is 8.50. The third kappa shape index (κ3) is 4.11. The Balaban J connectivity index is 1.27. The molecule has 2 N–H and O–H groups in total. The van der Waals surface area contributed by atoms with Crippen LogP contribution in [0.1, 0.15) is 57.1 Å². The molecule has 2 aromatic rings. The molecule has 1 saturated heterocycles. The highest BCUT2D eigenvalue weighted by atomic mass is 32.2. The molecule has 150 valence electrons. The van der Waals surface area contributed by atoms with Crippen molar-refractivity contribution in [2.24, 2.45) is 4.99 Å². The van der Waals surface area contributed by atoms with E-state index in [1.54, 1.807) is 0 Å². The van der Waals surface area contributed by atoms with Gasteiger partial charge in [-0.1, -0.05) is 31.4 Å². The van der Waals surface area contributed by atoms with Crippen LogP contribution >= 0.6 is 11.8 Å². The number of para-hydroxylation sites is 1. The highest BCUT2D eigenvalue weighted by molar-refractivity contribution is 8.14. The average molecular weight is 397 g/mol. The van der Waals surface area contributed by atoms with E-state index in [4.69, 9.17) is 4.99 Å². The molecule has 5 heteroatoms. The number of hydrogen-bond acceptors (Lipinski definition) is 4. The van der Waals surface area contributed by atoms with E-state index in [0.717, 1.165) is 5.75 Å². The Bertz CT molecular complexity index is 830. The van der Waals surface area contributed by atoms with Crippen LogP contribution in [-0.2, 0) is 0 Å². The number of nitrogens with zero attached hydrogens (tertiary/aromatic N) is 2. The summed E-state index contributed by atoms with van der Waals surface area (Å²) in [5.74, 6) is 1.13. The minimum atomic E-state index is 0.476. The summed E-state index contributed by atoms with van der Waals surface area (Å²) in [5.41, 5.74) is 3.69. The Kier molecular flexibility index (Phi) is 5.63. The second-order valence-electron chi connectivity index (χ2n) is 8.67. The zero-order chi connectivity index (χ0) is 18.8. The Hall–Kier alpha value is -1.46. The maximum Gasteiger partial charge on any atom is 0.114 e. The molecule has 4 nitrogen and oxygen atoms in total. The molecule has 3 heterocycles. The van der Waals surface area contributed by atoms with Crippen molar-refractivity contribution in [1.29, 1.82) is 0 Å². The van der Waals surface area contributed by atoms with Gasteiger partial charge in [-0.25, -0.2) is 0 Å². The van der Waals surface area contributed by atoms with Gasteiger partial charge in [0.25, 0.3) is 0 Å². The summed E-state index contributed by atoms with van der Waals surface area (Å²) in [4.78, 5) is 11.4. The molecule has 28 heavy (non-hydrogen) atoms. The number of benzene rings is 1. The summed E-state index contributed by atoms with van der Waals surface area (Å²) in [7, 11) is 0. The summed E-state index contributed by atoms with van der Waals surface area (Å²) in [5, 5.41) is 6.26. The van der Waals surface area contributed by atoms with Gasteiger partial charge >= 0.3 is 0 Å². The third-order valence-electron chi connectivity index (χ3n) is 6.54. The zero-order valence-corrected chi connectivity index (χ0v) is 17.6. The molecule has 0 amide bonds. The highest BCUT2D eigenvalue weighted by Crippen LogP contribution is 2.31. The smallest absolute Gasteiger partial charge is 0.114 e. The first-order chi connectivity index (χ1) is 13.8. The lowest BCUT2D eigenvalue weighted by Gasteiger charge is -2.26. The maximum atomic E-state index is 5.07. The van der Waals surface area contributed by atoms with Gasteiger partial charge in [-0.15, -0.1) is 11.8 Å². The Morgan fingerprint density at radius 2 is 1.96 bits per heavy atom. The van der Waals surface area contributed by atoms with Gasteiger partial charge in [0, 0.05) is 23.7 Å². The Morgan fingerprint density at radius 3 is 2.82 bits per heavy atom. The van der Waals surface area contributed by atoms with Crippen molar-refractivity contribution in [3.63, 3.8) is 0 Å². The lowest BCUT2D eigenvalue weighted by Crippen LogP contribution is -2.32. The number of hydrogen-bond donors (Lipinski definition) is 2. The molecular formula is C23H32N4S. The van der Waals surface area contributed by atoms with Gasteiger partial charge in [0.15, 0.2) is 0 Å². The van der Waals surface area contributed by atoms with Crippen molar-refractivity contribution in [2.45, 2.75) is 63.5 Å². The van der Waals surface area contributed by atoms with Gasteiger partial charge in [0.2, 0.25) is 0 Å². The van der Waals surface area contributed by atoms with E-state index >= 15 is 0 Å². The minimum absolute atomic E-state index is 0.476. The second-order valence-corrected chi connectivity index (χ2v) is 9.68. The number of fused-ring (bicyclic) bond motifs is 1. The quantitative estimate of drug-likeness (QED) is 0.700. The van der Waals surface area contributed by atoms with Crippen LogP contribution in [0.3, 0.4) is 0 Å². The number of aliphatic imine (C=N–C) groups is 1. The molecule has 2 aliphatic heterocycles. The number of nitrogens with one attached hydrogen (secondary N) is 2. The number of thioether (sulfide) groups is 1. The summed E-state index contributed by atoms with van der Waals surface area (Å²) >= 11 is 1.92. The van der Waals surface area contributed by atoms with Gasteiger partial charge in [-0.3, -0.25) is 4.99 Å². The monoisotopic (exact) mass is 396 g/mol. The standard InChI is InChI=1S/C23H32N4S/c1-4-12-27(13-5-1)14-11-19-16-28-23(25-19)21-15-17-7-6-10-20(22(17)26-21)24-18-8-2-3-9-18/h6-7,10,15,18-19,24,26H,1-5,8-9,11-14,16H2/t19-/m1/s1. The number of anilines is 1. The summed E-state index contributed by atoms with van der Waals surface area (Å²) in [6, 6.07) is 9.99. The van der Waals surface area contributed by atoms with Gasteiger partial charge in [-0.05, 0) is 57.3 Å². The lowest BCUT2D eigenvalue weighted by atomic mass is 10.1. The molecule has 1 aliphatic carbocycles. The topological polar surface area (TPSA) is 43.4 Å². The predicted molar refractivity (Wildman–Crippen MR) is 122 cm³/mol. The number of aromatic nitrogens is 1. The molecule has 1 saturated carbocycles. The van der Waals surface area contributed by atoms with Crippen LogP contribution in [0.15, 0.2) is 29.3 Å². The molecule has 0 spiro atoms. The molecule has 0 unspecified atom stereocenters. The van der Waals surface area contributed by atoms with Crippen molar-refractivity contribution >= 4 is 33.4 Å². The van der Waals surface area contributed by atoms with Crippen LogP contribution in [0.5, 0.6) is 0 Å². The van der Waals surface area contributed by atoms with E-state index in [9.17, 15) is 0 Å². The molecular weight excluding hydrogens is 364 g/mol. The van der Waals surface area contributed by atoms with E-state index in [1.165, 1.54) is 98.3 Å². The molecule has 0 bridgehead atoms. The fraction of sp³-hybridized carbons (Fsp3) is 0.609. The first-order valence-corrected chi connectivity index (χ1v) is 12.2. The number of piperidine rings is 1. The first-order valence-electron chi connectivity index (χ1n) is 11.2. The van der Waals surface area contributed by atoms with Crippen LogP contribution in [-0.4, -0.2) is 52.4 Å². The van der Waals surface area contributed by atoms with E-state index in [2.05, 4.69) is 39.5 Å². The average Bonchev–Trinajstić information content (AvgIpc) is 3.48. The number of likely N-dealkylation sites (tertiary alicyclic amines) is 1. The van der Waals surface area contributed by atoms with Crippen molar-refractivity contribution < 1.29 is 0 Å². The fourth-order valence-corrected chi connectivity index (χ4v) is 5.99. The number of H-pyrrole nitrogens is 1. The molecule has 3 aliphatic rings. The SMILES string of the molecule is c1cc(NC2CCCC2)c2[nH]c(C3=N[C@H](CCN4CCCCC4)CS3)cc2c1. The molecule has 1 aromatic carbocycles. The Labute approximate surface area is 172 Å². The predicted octanol–water partition coefficient (Wildman–Crippen LogP) is 5.26. The normalized spacial score (nSPS) is 24.1. The maximum absolute atomic E-state index is 5.07. The molecule has 2 fully saturated rings. The van der Waals surface area contributed by atoms with Gasteiger partial charge in [0.1, 0.15) is 5.04 Å². The van der Waals surface area contributed by atoms with Crippen molar-refractivity contribution in [2.75, 3.05) is 30.7 Å². The van der Waals surface area contributed by atoms with Crippen molar-refractivity contribution in [3.05, 3.63) is 30.0 Å². The molecule has 1 atom stereocenters. The fourth-order valence-electron chi connectivity index (χ4n) is 4.91. The zero-order valence-electron chi connectivity index (χ0n) is 16.8. The Morgan fingerprint density at radius 1 is 1.11 bits per heavy atom. The van der Waals surface area contributed by atoms with E-state index < -0.39 is 0 Å². The largest absolute Gasteiger partial charge is 0.381 e. The van der Waals surface area contributed by atoms with Crippen molar-refractivity contribution in [3.8, 4) is 0 Å². The van der Waals surface area contributed by atoms with E-state index in [-0.39, 0.29) is 0 Å². The first kappa shape index (κ1) is 18.6. The van der Waals surface area contributed by atoms with Gasteiger partial charge in [0.05, 0.1) is 22.9 Å². The summed E-state index contributed by atoms with van der Waals surface area (Å²) in [6.45, 7) is 3.79. The van der Waals surface area contributed by atoms with Crippen LogP contribution in [0, 0.1) is 0 Å². The minimum Gasteiger partial charge on any atom is -0.381 e. The van der Waals surface area contributed by atoms with Crippen LogP contribution in [0.4, 0.5) is 5.69 Å². The molecule has 5 rings (SSSR count). The molecule has 1 aromatic heterocycles. The van der Waals surface area contributed by atoms with Gasteiger partial charge in [-0.2, -0.15) is 0 Å². The van der Waals surface area contributed by atoms with Crippen LogP contribution in [0.25, 0.3) is 10.9 Å². The van der Waals surface area contributed by atoms with Gasteiger partial charge < -0.3 is 15.2 Å². The van der Waals surface area contributed by atoms with E-state index in [0.29, 0.717) is 12.1 Å². The summed E-state index contributed by atoms with van der Waals surface area (Å²) < 4.78 is 0. The summed E-state index contributed by atoms with van der Waals surface area (Å²) in [6.07, 6.45) is 10.7. The highest BCUT2D eigenvalue weighted by Gasteiger charge is 2.23. The number of rotatable bonds is 6. The molecule has 0 radical (unpaired) electrons. The van der Waals surface area contributed by atoms with E-state index in [1.807, 2.05) is 11.8 Å². The third-order valence-corrected chi connectivity index (χ3v) is 7.69.